The van der Waals surface area contributed by atoms with Crippen molar-refractivity contribution in [3.05, 3.63) is 48.2 Å². The van der Waals surface area contributed by atoms with E-state index in [9.17, 15) is 0 Å². The van der Waals surface area contributed by atoms with Crippen LogP contribution in [0.2, 0.25) is 0 Å². The number of nitrogens with one attached hydrogen (secondary N) is 1. The van der Waals surface area contributed by atoms with E-state index < -0.39 is 0 Å². The third-order valence-electron chi connectivity index (χ3n) is 2.72. The van der Waals surface area contributed by atoms with Crippen molar-refractivity contribution in [3.63, 3.8) is 0 Å². The highest BCUT2D eigenvalue weighted by atomic mass is 16.5. The highest BCUT2D eigenvalue weighted by molar-refractivity contribution is 5.57. The third kappa shape index (κ3) is 1.75. The summed E-state index contributed by atoms with van der Waals surface area (Å²) in [6.45, 7) is 1.42. The van der Waals surface area contributed by atoms with E-state index in [1.807, 2.05) is 42.5 Å². The lowest BCUT2D eigenvalue weighted by molar-refractivity contribution is 0.0973. The lowest BCUT2D eigenvalue weighted by Gasteiger charge is -2.03. The van der Waals surface area contributed by atoms with Gasteiger partial charge in [-0.2, -0.15) is 0 Å². The number of benzene rings is 1. The van der Waals surface area contributed by atoms with Crippen molar-refractivity contribution in [2.45, 2.75) is 6.10 Å². The maximum atomic E-state index is 5.79. The van der Waals surface area contributed by atoms with Crippen LogP contribution < -0.4 is 5.32 Å². The molecule has 3 nitrogen and oxygen atoms in total. The Balaban J connectivity index is 1.87. The van der Waals surface area contributed by atoms with Crippen molar-refractivity contribution in [3.8, 4) is 11.3 Å². The summed E-state index contributed by atoms with van der Waals surface area (Å²) in [6, 6.07) is 14.1. The standard InChI is InChI=1S/C13H13NO2/c1-2-4-10(5-3-1)11-6-7-12(16-11)13-8-14-9-15-13/h1-7,13-14H,8-9H2. The van der Waals surface area contributed by atoms with Crippen molar-refractivity contribution in [1.29, 1.82) is 0 Å². The first-order valence-corrected chi connectivity index (χ1v) is 5.41. The van der Waals surface area contributed by atoms with Gasteiger partial charge in [-0.05, 0) is 12.1 Å². The van der Waals surface area contributed by atoms with Gasteiger partial charge in [-0.15, -0.1) is 0 Å². The van der Waals surface area contributed by atoms with Crippen molar-refractivity contribution in [1.82, 2.24) is 5.32 Å². The van der Waals surface area contributed by atoms with E-state index in [-0.39, 0.29) is 6.10 Å². The number of hydrogen-bond donors (Lipinski definition) is 1. The van der Waals surface area contributed by atoms with Crippen LogP contribution in [0.15, 0.2) is 46.9 Å². The average molecular weight is 215 g/mol. The minimum absolute atomic E-state index is 0.0532. The fourth-order valence-electron chi connectivity index (χ4n) is 1.87. The van der Waals surface area contributed by atoms with Gasteiger partial charge >= 0.3 is 0 Å². The molecule has 16 heavy (non-hydrogen) atoms. The highest BCUT2D eigenvalue weighted by Crippen LogP contribution is 2.27. The summed E-state index contributed by atoms with van der Waals surface area (Å²) in [7, 11) is 0. The smallest absolute Gasteiger partial charge is 0.134 e. The lowest BCUT2D eigenvalue weighted by atomic mass is 10.2. The molecular formula is C13H13NO2. The molecule has 1 saturated heterocycles. The molecule has 1 atom stereocenters. The predicted molar refractivity (Wildman–Crippen MR) is 60.8 cm³/mol. The molecule has 1 aromatic carbocycles. The average Bonchev–Trinajstić information content (AvgIpc) is 3.01. The van der Waals surface area contributed by atoms with Crippen molar-refractivity contribution in [2.75, 3.05) is 13.3 Å². The van der Waals surface area contributed by atoms with E-state index in [0.717, 1.165) is 23.6 Å². The molecule has 3 rings (SSSR count). The van der Waals surface area contributed by atoms with Crippen LogP contribution in [0.3, 0.4) is 0 Å². The first kappa shape index (κ1) is 9.63. The maximum Gasteiger partial charge on any atom is 0.134 e. The van der Waals surface area contributed by atoms with E-state index in [0.29, 0.717) is 6.73 Å². The van der Waals surface area contributed by atoms with Crippen LogP contribution in [0, 0.1) is 0 Å². The van der Waals surface area contributed by atoms with Gasteiger partial charge in [-0.25, -0.2) is 0 Å². The largest absolute Gasteiger partial charge is 0.458 e. The Hall–Kier alpha value is -1.58. The second kappa shape index (κ2) is 4.12. The molecule has 1 aromatic heterocycles. The molecule has 3 heteroatoms. The first-order chi connectivity index (χ1) is 7.93. The van der Waals surface area contributed by atoms with Gasteiger partial charge in [0.1, 0.15) is 17.6 Å². The van der Waals surface area contributed by atoms with Crippen LogP contribution in [0.5, 0.6) is 0 Å². The monoisotopic (exact) mass is 215 g/mol. The van der Waals surface area contributed by atoms with Crippen LogP contribution in [-0.2, 0) is 4.74 Å². The molecule has 1 fully saturated rings. The molecule has 1 N–H and O–H groups in total. The van der Waals surface area contributed by atoms with Crippen molar-refractivity contribution in [2.24, 2.45) is 0 Å². The topological polar surface area (TPSA) is 34.4 Å². The Kier molecular flexibility index (Phi) is 2.48. The van der Waals surface area contributed by atoms with Gasteiger partial charge in [0.2, 0.25) is 0 Å². The summed E-state index contributed by atoms with van der Waals surface area (Å²) < 4.78 is 11.3. The van der Waals surface area contributed by atoms with E-state index in [1.165, 1.54) is 0 Å². The molecule has 2 aromatic rings. The van der Waals surface area contributed by atoms with Gasteiger partial charge in [0, 0.05) is 12.1 Å². The molecule has 82 valence electrons. The second-order valence-corrected chi connectivity index (χ2v) is 3.82. The Morgan fingerprint density at radius 2 is 1.94 bits per heavy atom. The summed E-state index contributed by atoms with van der Waals surface area (Å²) >= 11 is 0. The number of hydrogen-bond acceptors (Lipinski definition) is 3. The molecule has 0 aliphatic carbocycles. The van der Waals surface area contributed by atoms with Crippen LogP contribution in [0.25, 0.3) is 11.3 Å². The molecule has 2 heterocycles. The summed E-state index contributed by atoms with van der Waals surface area (Å²) in [5.74, 6) is 1.79. The van der Waals surface area contributed by atoms with E-state index in [1.54, 1.807) is 0 Å². The van der Waals surface area contributed by atoms with Crippen LogP contribution >= 0.6 is 0 Å². The molecule has 1 aliphatic heterocycles. The van der Waals surface area contributed by atoms with Gasteiger partial charge in [0.15, 0.2) is 0 Å². The zero-order chi connectivity index (χ0) is 10.8. The van der Waals surface area contributed by atoms with Gasteiger partial charge in [0.05, 0.1) is 6.73 Å². The molecule has 1 unspecified atom stereocenters. The van der Waals surface area contributed by atoms with E-state index in [2.05, 4.69) is 5.32 Å². The fraction of sp³-hybridized carbons (Fsp3) is 0.231. The highest BCUT2D eigenvalue weighted by Gasteiger charge is 2.20. The van der Waals surface area contributed by atoms with Gasteiger partial charge in [0.25, 0.3) is 0 Å². The van der Waals surface area contributed by atoms with Gasteiger partial charge < -0.3 is 9.15 Å². The minimum atomic E-state index is 0.0532. The zero-order valence-corrected chi connectivity index (χ0v) is 8.85. The number of ether oxygens (including phenoxy) is 1. The summed E-state index contributed by atoms with van der Waals surface area (Å²) in [5.41, 5.74) is 1.10. The first-order valence-electron chi connectivity index (χ1n) is 5.41. The zero-order valence-electron chi connectivity index (χ0n) is 8.85. The second-order valence-electron chi connectivity index (χ2n) is 3.82. The van der Waals surface area contributed by atoms with E-state index >= 15 is 0 Å². The number of furan rings is 1. The Bertz CT molecular complexity index is 458. The molecular weight excluding hydrogens is 202 g/mol. The quantitative estimate of drug-likeness (QED) is 0.836. The molecule has 0 amide bonds. The van der Waals surface area contributed by atoms with Gasteiger partial charge in [-0.3, -0.25) is 5.32 Å². The van der Waals surface area contributed by atoms with Gasteiger partial charge in [-0.1, -0.05) is 30.3 Å². The summed E-state index contributed by atoms with van der Waals surface area (Å²) in [6.07, 6.45) is 0.0532. The summed E-state index contributed by atoms with van der Waals surface area (Å²) in [5, 5.41) is 3.14. The Morgan fingerprint density at radius 3 is 2.69 bits per heavy atom. The minimum Gasteiger partial charge on any atom is -0.458 e. The molecule has 0 bridgehead atoms. The molecule has 0 radical (unpaired) electrons. The lowest BCUT2D eigenvalue weighted by Crippen LogP contribution is -2.07. The molecule has 0 spiro atoms. The number of rotatable bonds is 2. The van der Waals surface area contributed by atoms with Crippen LogP contribution in [0.4, 0.5) is 0 Å². The SMILES string of the molecule is c1ccc(-c2ccc(C3CNCO3)o2)cc1. The Labute approximate surface area is 94.0 Å². The van der Waals surface area contributed by atoms with Crippen molar-refractivity contribution >= 4 is 0 Å². The van der Waals surface area contributed by atoms with Crippen molar-refractivity contribution < 1.29 is 9.15 Å². The fourth-order valence-corrected chi connectivity index (χ4v) is 1.87. The normalized spacial score (nSPS) is 20.1. The van der Waals surface area contributed by atoms with E-state index in [4.69, 9.17) is 9.15 Å². The van der Waals surface area contributed by atoms with Crippen LogP contribution in [-0.4, -0.2) is 13.3 Å². The molecule has 1 aliphatic rings. The molecule has 0 saturated carbocycles. The third-order valence-corrected chi connectivity index (χ3v) is 2.72. The maximum absolute atomic E-state index is 5.79. The van der Waals surface area contributed by atoms with Crippen LogP contribution in [0.1, 0.15) is 11.9 Å². The summed E-state index contributed by atoms with van der Waals surface area (Å²) in [4.78, 5) is 0. The Morgan fingerprint density at radius 1 is 1.06 bits per heavy atom. The predicted octanol–water partition coefficient (Wildman–Crippen LogP) is 2.57.